The highest BCUT2D eigenvalue weighted by atomic mass is 127. The highest BCUT2D eigenvalue weighted by Crippen LogP contribution is 2.15. The van der Waals surface area contributed by atoms with Crippen molar-refractivity contribution in [2.45, 2.75) is 0 Å². The molecule has 1 aromatic rings. The summed E-state index contributed by atoms with van der Waals surface area (Å²) in [5.41, 5.74) is 0. The zero-order valence-electron chi connectivity index (χ0n) is 5.73. The lowest BCUT2D eigenvalue weighted by Gasteiger charge is -1.91. The lowest BCUT2D eigenvalue weighted by molar-refractivity contribution is 1.60. The molecule has 0 saturated heterocycles. The van der Waals surface area contributed by atoms with Crippen molar-refractivity contribution in [3.63, 3.8) is 0 Å². The maximum absolute atomic E-state index is 3.41. The van der Waals surface area contributed by atoms with Gasteiger partial charge in [0.05, 0.1) is 0 Å². The molecule has 0 aromatic heterocycles. The van der Waals surface area contributed by atoms with E-state index in [1.165, 1.54) is 3.57 Å². The second-order valence-corrected chi connectivity index (χ2v) is 6.17. The molecule has 0 radical (unpaired) electrons. The normalized spacial score (nSPS) is 11.5. The van der Waals surface area contributed by atoms with Crippen molar-refractivity contribution in [3.8, 4) is 0 Å². The first-order valence-electron chi connectivity index (χ1n) is 3.09. The molecule has 0 N–H and O–H groups in total. The van der Waals surface area contributed by atoms with Crippen molar-refractivity contribution in [1.29, 1.82) is 0 Å². The molecule has 11 heavy (non-hydrogen) atoms. The van der Waals surface area contributed by atoms with Crippen LogP contribution in [0.15, 0.2) is 28.7 Å². The standard InChI is InChI=1S/C8H7Br2I/c9-5-6-11-8-3-1-7(10)2-4-8/h1-4,6H,5H2. The Bertz CT molecular complexity index is 241. The number of hydrogen-bond acceptors (Lipinski definition) is 0. The van der Waals surface area contributed by atoms with Gasteiger partial charge in [0.15, 0.2) is 0 Å². The van der Waals surface area contributed by atoms with Crippen LogP contribution in [0, 0.1) is 3.57 Å². The van der Waals surface area contributed by atoms with E-state index >= 15 is 0 Å². The van der Waals surface area contributed by atoms with Gasteiger partial charge in [-0.05, 0) is 28.3 Å². The Morgan fingerprint density at radius 3 is 2.45 bits per heavy atom. The summed E-state index contributed by atoms with van der Waals surface area (Å²) in [5, 5.41) is 1.01. The Morgan fingerprint density at radius 2 is 1.91 bits per heavy atom. The lowest BCUT2D eigenvalue weighted by atomic mass is 10.4. The first-order chi connectivity index (χ1) is 5.33. The molecule has 0 heterocycles. The minimum atomic E-state index is 0.121. The highest BCUT2D eigenvalue weighted by Gasteiger charge is 1.86. The molecule has 0 spiro atoms. The molecule has 0 aliphatic carbocycles. The Kier molecular flexibility index (Phi) is 4.87. The van der Waals surface area contributed by atoms with Crippen LogP contribution in [0.1, 0.15) is 0 Å². The topological polar surface area (TPSA) is 0 Å². The van der Waals surface area contributed by atoms with Crippen LogP contribution >= 0.6 is 52.6 Å². The summed E-state index contributed by atoms with van der Waals surface area (Å²) in [4.78, 5) is 0. The highest BCUT2D eigenvalue weighted by molar-refractivity contribution is 14.2. The average Bonchev–Trinajstić information content (AvgIpc) is 2.04. The van der Waals surface area contributed by atoms with Crippen molar-refractivity contribution < 1.29 is 0 Å². The van der Waals surface area contributed by atoms with E-state index in [-0.39, 0.29) is 20.7 Å². The van der Waals surface area contributed by atoms with Crippen LogP contribution in [-0.2, 0) is 0 Å². The van der Waals surface area contributed by atoms with Crippen molar-refractivity contribution in [3.05, 3.63) is 32.3 Å². The van der Waals surface area contributed by atoms with Gasteiger partial charge in [0, 0.05) is 13.4 Å². The van der Waals surface area contributed by atoms with E-state index in [1.54, 1.807) is 0 Å². The second-order valence-electron chi connectivity index (χ2n) is 1.85. The third kappa shape index (κ3) is 3.80. The maximum Gasteiger partial charge on any atom is 0.0268 e. The zero-order chi connectivity index (χ0) is 8.10. The van der Waals surface area contributed by atoms with Gasteiger partial charge in [-0.3, -0.25) is 0 Å². The monoisotopic (exact) mass is 388 g/mol. The lowest BCUT2D eigenvalue weighted by Crippen LogP contribution is -1.71. The summed E-state index contributed by atoms with van der Waals surface area (Å²) in [6.07, 6.45) is 0. The summed E-state index contributed by atoms with van der Waals surface area (Å²) in [6.45, 7) is 0. The van der Waals surface area contributed by atoms with E-state index in [2.05, 4.69) is 60.1 Å². The molecule has 0 unspecified atom stereocenters. The van der Waals surface area contributed by atoms with Gasteiger partial charge in [-0.1, -0.05) is 52.6 Å². The van der Waals surface area contributed by atoms with Crippen LogP contribution in [0.4, 0.5) is 0 Å². The van der Waals surface area contributed by atoms with E-state index in [1.807, 2.05) is 0 Å². The van der Waals surface area contributed by atoms with Crippen LogP contribution in [0.5, 0.6) is 0 Å². The molecule has 1 aromatic carbocycles. The summed E-state index contributed by atoms with van der Waals surface area (Å²) >= 11 is 6.91. The average molecular weight is 390 g/mol. The van der Waals surface area contributed by atoms with Crippen LogP contribution in [0.2, 0.25) is 0 Å². The number of alkyl halides is 1. The van der Waals surface area contributed by atoms with E-state index < -0.39 is 0 Å². The quantitative estimate of drug-likeness (QED) is 0.533. The Morgan fingerprint density at radius 1 is 1.27 bits per heavy atom. The molecule has 0 nitrogen and oxygen atoms in total. The van der Waals surface area contributed by atoms with Gasteiger partial charge in [0.25, 0.3) is 0 Å². The van der Waals surface area contributed by atoms with Gasteiger partial charge in [0.1, 0.15) is 0 Å². The minimum Gasteiger partial charge on any atom is -0.0892 e. The number of rotatable bonds is 2. The predicted molar refractivity (Wildman–Crippen MR) is 66.7 cm³/mol. The predicted octanol–water partition coefficient (Wildman–Crippen LogP) is 3.79. The summed E-state index contributed by atoms with van der Waals surface area (Å²) in [7, 11) is 0. The third-order valence-electron chi connectivity index (χ3n) is 1.07. The van der Waals surface area contributed by atoms with E-state index in [0.717, 1.165) is 9.80 Å². The van der Waals surface area contributed by atoms with Gasteiger partial charge in [0.2, 0.25) is 0 Å². The van der Waals surface area contributed by atoms with Gasteiger partial charge < -0.3 is 0 Å². The van der Waals surface area contributed by atoms with Crippen LogP contribution in [0.25, 0.3) is 0 Å². The van der Waals surface area contributed by atoms with Gasteiger partial charge in [-0.25, -0.2) is 0 Å². The molecule has 0 fully saturated rings. The molecule has 0 bridgehead atoms. The van der Waals surface area contributed by atoms with E-state index in [4.69, 9.17) is 0 Å². The van der Waals surface area contributed by atoms with Crippen molar-refractivity contribution in [2.24, 2.45) is 0 Å². The smallest absolute Gasteiger partial charge is 0.0268 e. The number of benzene rings is 1. The molecule has 3 heteroatoms. The Hall–Kier alpha value is 0.780. The van der Waals surface area contributed by atoms with Crippen molar-refractivity contribution in [2.75, 3.05) is 5.33 Å². The van der Waals surface area contributed by atoms with Crippen LogP contribution < -0.4 is 0 Å². The molecule has 0 atom stereocenters. The third-order valence-corrected chi connectivity index (χ3v) is 5.45. The molecule has 0 aliphatic rings. The molecule has 0 aliphatic heterocycles. The molecule has 0 amide bonds. The van der Waals surface area contributed by atoms with Crippen LogP contribution in [-0.4, -0.2) is 9.34 Å². The molecular weight excluding hydrogens is 383 g/mol. The second kappa shape index (κ2) is 5.43. The summed E-state index contributed by atoms with van der Waals surface area (Å²) in [6, 6.07) is 8.54. The zero-order valence-corrected chi connectivity index (χ0v) is 11.1. The molecular formula is C8H7Br2I. The van der Waals surface area contributed by atoms with E-state index in [9.17, 15) is 0 Å². The fourth-order valence-corrected chi connectivity index (χ4v) is 3.16. The molecule has 1 rings (SSSR count). The first kappa shape index (κ1) is 9.86. The van der Waals surface area contributed by atoms with E-state index in [0.29, 0.717) is 0 Å². The minimum absolute atomic E-state index is 0.121. The first-order valence-corrected chi connectivity index (χ1v) is 7.33. The summed E-state index contributed by atoms with van der Waals surface area (Å²) in [5.74, 6) is 0. The Balaban J connectivity index is 2.73. The number of halogens is 3. The largest absolute Gasteiger partial charge is 0.0892 e. The van der Waals surface area contributed by atoms with Gasteiger partial charge >= 0.3 is 0 Å². The van der Waals surface area contributed by atoms with Crippen molar-refractivity contribution in [1.82, 2.24) is 0 Å². The SMILES string of the molecule is BrCC=Ic1ccc(Br)cc1. The van der Waals surface area contributed by atoms with Gasteiger partial charge in [-0.15, -0.1) is 0 Å². The summed E-state index contributed by atoms with van der Waals surface area (Å²) < 4.78 is 4.93. The number of hydrogen-bond donors (Lipinski definition) is 0. The maximum atomic E-state index is 3.41. The fraction of sp³-hybridized carbons (Fsp3) is 0.125. The molecule has 60 valence electrons. The Labute approximate surface area is 93.4 Å². The fourth-order valence-electron chi connectivity index (χ4n) is 0.621. The van der Waals surface area contributed by atoms with Gasteiger partial charge in [-0.2, -0.15) is 0 Å². The van der Waals surface area contributed by atoms with Crippen molar-refractivity contribution >= 4 is 56.6 Å². The molecule has 0 saturated carbocycles. The van der Waals surface area contributed by atoms with Crippen LogP contribution in [0.3, 0.4) is 0 Å².